The van der Waals surface area contributed by atoms with Gasteiger partial charge in [0.15, 0.2) is 0 Å². The van der Waals surface area contributed by atoms with Crippen molar-refractivity contribution in [3.63, 3.8) is 0 Å². The summed E-state index contributed by atoms with van der Waals surface area (Å²) in [6.45, 7) is 9.16. The van der Waals surface area contributed by atoms with E-state index in [1.54, 1.807) is 0 Å². The first-order chi connectivity index (χ1) is 16.0. The van der Waals surface area contributed by atoms with Gasteiger partial charge < -0.3 is 0 Å². The summed E-state index contributed by atoms with van der Waals surface area (Å²) < 4.78 is 4.56. The zero-order chi connectivity index (χ0) is 24.4. The van der Waals surface area contributed by atoms with Crippen LogP contribution in [0.4, 0.5) is 0 Å². The van der Waals surface area contributed by atoms with Crippen molar-refractivity contribution in [2.75, 3.05) is 0 Å². The van der Waals surface area contributed by atoms with E-state index in [9.17, 15) is 0 Å². The molecule has 0 amide bonds. The number of benzene rings is 4. The fourth-order valence-electron chi connectivity index (χ4n) is 5.43. The summed E-state index contributed by atoms with van der Waals surface area (Å²) in [5.74, 6) is 0. The Morgan fingerprint density at radius 3 is 0.794 bits per heavy atom. The lowest BCUT2D eigenvalue weighted by Gasteiger charge is -2.21. The van der Waals surface area contributed by atoms with Gasteiger partial charge >= 0.3 is 0 Å². The van der Waals surface area contributed by atoms with Crippen LogP contribution >= 0.6 is 63.7 Å². The van der Waals surface area contributed by atoms with E-state index in [-0.39, 0.29) is 10.8 Å². The molecule has 0 unspecified atom stereocenters. The normalized spacial score (nSPS) is 15.5. The minimum absolute atomic E-state index is 0.103. The highest BCUT2D eigenvalue weighted by Crippen LogP contribution is 2.51. The highest BCUT2D eigenvalue weighted by Gasteiger charge is 2.36. The Hall–Kier alpha value is -1.20. The van der Waals surface area contributed by atoms with Gasteiger partial charge in [-0.3, -0.25) is 0 Å². The number of hydrogen-bond acceptors (Lipinski definition) is 0. The maximum atomic E-state index is 3.56. The maximum absolute atomic E-state index is 3.56. The molecule has 0 spiro atoms. The minimum atomic E-state index is 0.103. The molecule has 0 fully saturated rings. The lowest BCUT2D eigenvalue weighted by atomic mass is 9.82. The van der Waals surface area contributed by atoms with Crippen LogP contribution in [-0.2, 0) is 10.8 Å². The summed E-state index contributed by atoms with van der Waals surface area (Å²) in [6, 6.07) is 26.3. The average Bonchev–Trinajstić information content (AvgIpc) is 3.12. The standard InChI is InChI=1S/2C15H12Br2/c2*1-15(2)13-5-3-9(16)7-11(13)12-8-10(17)4-6-14(12)15/h2*3-8H,1-2H3. The van der Waals surface area contributed by atoms with Gasteiger partial charge in [0.1, 0.15) is 0 Å². The van der Waals surface area contributed by atoms with Crippen LogP contribution in [0.3, 0.4) is 0 Å². The summed E-state index contributed by atoms with van der Waals surface area (Å²) >= 11 is 14.2. The van der Waals surface area contributed by atoms with Crippen molar-refractivity contribution in [1.29, 1.82) is 0 Å². The van der Waals surface area contributed by atoms with Gasteiger partial charge in [-0.2, -0.15) is 0 Å². The number of halogens is 4. The van der Waals surface area contributed by atoms with Crippen molar-refractivity contribution in [1.82, 2.24) is 0 Å². The van der Waals surface area contributed by atoms with E-state index in [1.165, 1.54) is 44.5 Å². The molecule has 0 saturated heterocycles. The lowest BCUT2D eigenvalue weighted by Crippen LogP contribution is -2.14. The molecular formula is C30H24Br4. The molecule has 6 rings (SSSR count). The van der Waals surface area contributed by atoms with Gasteiger partial charge in [0.05, 0.1) is 0 Å². The molecule has 2 aliphatic rings. The highest BCUT2D eigenvalue weighted by atomic mass is 79.9. The second-order valence-electron chi connectivity index (χ2n) is 10.0. The first-order valence-corrected chi connectivity index (χ1v) is 14.4. The average molecular weight is 704 g/mol. The summed E-state index contributed by atoms with van der Waals surface area (Å²) in [5.41, 5.74) is 11.2. The predicted molar refractivity (Wildman–Crippen MR) is 159 cm³/mol. The summed E-state index contributed by atoms with van der Waals surface area (Å²) in [4.78, 5) is 0. The highest BCUT2D eigenvalue weighted by molar-refractivity contribution is 9.11. The van der Waals surface area contributed by atoms with Gasteiger partial charge in [0.2, 0.25) is 0 Å². The van der Waals surface area contributed by atoms with E-state index in [0.29, 0.717) is 0 Å². The van der Waals surface area contributed by atoms with Gasteiger partial charge in [0, 0.05) is 28.7 Å². The van der Waals surface area contributed by atoms with Gasteiger partial charge in [-0.15, -0.1) is 0 Å². The molecule has 172 valence electrons. The Kier molecular flexibility index (Phi) is 6.29. The van der Waals surface area contributed by atoms with Crippen LogP contribution in [0.5, 0.6) is 0 Å². The third-order valence-electron chi connectivity index (χ3n) is 7.20. The van der Waals surface area contributed by atoms with Gasteiger partial charge in [-0.1, -0.05) is 116 Å². The molecule has 0 nitrogen and oxygen atoms in total. The fraction of sp³-hybridized carbons (Fsp3) is 0.200. The Morgan fingerprint density at radius 1 is 0.382 bits per heavy atom. The number of hydrogen-bond donors (Lipinski definition) is 0. The summed E-state index contributed by atoms with van der Waals surface area (Å²) in [6.07, 6.45) is 0. The molecular weight excluding hydrogens is 680 g/mol. The van der Waals surface area contributed by atoms with Gasteiger partial charge in [-0.05, 0) is 93.0 Å². The molecule has 0 atom stereocenters. The Morgan fingerprint density at radius 2 is 0.588 bits per heavy atom. The summed E-state index contributed by atoms with van der Waals surface area (Å²) in [5, 5.41) is 0. The third-order valence-corrected chi connectivity index (χ3v) is 9.17. The molecule has 0 bridgehead atoms. The van der Waals surface area contributed by atoms with Gasteiger partial charge in [0.25, 0.3) is 0 Å². The lowest BCUT2D eigenvalue weighted by molar-refractivity contribution is 0.660. The molecule has 0 heterocycles. The SMILES string of the molecule is CC1(C)c2ccc(Br)cc2-c2cc(Br)ccc21.CC1(C)c2ccc(Br)cc2-c2cc(Br)ccc21. The fourth-order valence-corrected chi connectivity index (χ4v) is 6.87. The Bertz CT molecular complexity index is 1230. The van der Waals surface area contributed by atoms with Crippen molar-refractivity contribution < 1.29 is 0 Å². The van der Waals surface area contributed by atoms with Crippen molar-refractivity contribution >= 4 is 63.7 Å². The quantitative estimate of drug-likeness (QED) is 0.171. The van der Waals surface area contributed by atoms with Crippen LogP contribution in [0.1, 0.15) is 49.9 Å². The molecule has 4 aromatic rings. The van der Waals surface area contributed by atoms with Crippen molar-refractivity contribution in [2.45, 2.75) is 38.5 Å². The van der Waals surface area contributed by atoms with E-state index in [0.717, 1.165) is 17.9 Å². The minimum Gasteiger partial charge on any atom is -0.0564 e. The van der Waals surface area contributed by atoms with Crippen LogP contribution in [0.15, 0.2) is 90.7 Å². The monoisotopic (exact) mass is 700 g/mol. The predicted octanol–water partition coefficient (Wildman–Crippen LogP) is 11.0. The first-order valence-electron chi connectivity index (χ1n) is 11.2. The number of rotatable bonds is 0. The molecule has 0 N–H and O–H groups in total. The zero-order valence-corrected chi connectivity index (χ0v) is 25.8. The smallest absolute Gasteiger partial charge is 0.0181 e. The molecule has 0 saturated carbocycles. The Labute approximate surface area is 235 Å². The van der Waals surface area contributed by atoms with Crippen LogP contribution in [0, 0.1) is 0 Å². The van der Waals surface area contributed by atoms with Crippen LogP contribution in [0.2, 0.25) is 0 Å². The first kappa shape index (κ1) is 24.5. The maximum Gasteiger partial charge on any atom is 0.0181 e. The van der Waals surface area contributed by atoms with Crippen LogP contribution in [-0.4, -0.2) is 0 Å². The Balaban J connectivity index is 0.000000142. The van der Waals surface area contributed by atoms with Crippen LogP contribution < -0.4 is 0 Å². The van der Waals surface area contributed by atoms with Gasteiger partial charge in [-0.25, -0.2) is 0 Å². The molecule has 4 heteroatoms. The second-order valence-corrected chi connectivity index (χ2v) is 13.7. The van der Waals surface area contributed by atoms with Crippen molar-refractivity contribution in [3.05, 3.63) is 113 Å². The van der Waals surface area contributed by atoms with E-state index in [1.807, 2.05) is 0 Å². The zero-order valence-electron chi connectivity index (χ0n) is 19.4. The van der Waals surface area contributed by atoms with E-state index in [2.05, 4.69) is 164 Å². The van der Waals surface area contributed by atoms with Crippen molar-refractivity contribution in [3.8, 4) is 22.3 Å². The van der Waals surface area contributed by atoms with Crippen LogP contribution in [0.25, 0.3) is 22.3 Å². The molecule has 0 aromatic heterocycles. The molecule has 4 aromatic carbocycles. The second kappa shape index (κ2) is 8.73. The van der Waals surface area contributed by atoms with E-state index < -0.39 is 0 Å². The summed E-state index contributed by atoms with van der Waals surface area (Å²) in [7, 11) is 0. The third kappa shape index (κ3) is 3.99. The molecule has 34 heavy (non-hydrogen) atoms. The van der Waals surface area contributed by atoms with E-state index >= 15 is 0 Å². The topological polar surface area (TPSA) is 0 Å². The van der Waals surface area contributed by atoms with E-state index in [4.69, 9.17) is 0 Å². The largest absolute Gasteiger partial charge is 0.0564 e. The molecule has 2 aliphatic carbocycles. The molecule has 0 radical (unpaired) electrons. The molecule has 0 aliphatic heterocycles. The van der Waals surface area contributed by atoms with Crippen molar-refractivity contribution in [2.24, 2.45) is 0 Å². The number of fused-ring (bicyclic) bond motifs is 6.